The number of carboxylic acids is 1. The van der Waals surface area contributed by atoms with Gasteiger partial charge in [-0.15, -0.1) is 11.8 Å². The van der Waals surface area contributed by atoms with E-state index >= 15 is 0 Å². The smallest absolute Gasteiger partial charge is 0.326 e. The molecule has 21 heavy (non-hydrogen) atoms. The van der Waals surface area contributed by atoms with Gasteiger partial charge in [0.05, 0.1) is 5.75 Å². The van der Waals surface area contributed by atoms with Crippen molar-refractivity contribution in [1.82, 2.24) is 4.90 Å². The van der Waals surface area contributed by atoms with Crippen LogP contribution in [0.2, 0.25) is 0 Å². The van der Waals surface area contributed by atoms with E-state index in [0.717, 1.165) is 11.3 Å². The molecule has 4 nitrogen and oxygen atoms in total. The summed E-state index contributed by atoms with van der Waals surface area (Å²) in [5.74, 6) is -0.323. The van der Waals surface area contributed by atoms with Crippen LogP contribution in [0.3, 0.4) is 0 Å². The molecule has 0 radical (unpaired) electrons. The molecule has 1 aliphatic heterocycles. The topological polar surface area (TPSA) is 57.6 Å². The van der Waals surface area contributed by atoms with E-state index in [2.05, 4.69) is 0 Å². The van der Waals surface area contributed by atoms with Crippen molar-refractivity contribution in [2.24, 2.45) is 5.92 Å². The number of thioether (sulfide) groups is 1. The second-order valence-corrected chi connectivity index (χ2v) is 6.72. The number of hydrogen-bond donors (Lipinski definition) is 1. The summed E-state index contributed by atoms with van der Waals surface area (Å²) in [6.07, 6.45) is 1.43. The number of benzene rings is 1. The van der Waals surface area contributed by atoms with Gasteiger partial charge in [-0.05, 0) is 37.8 Å². The Kier molecular flexibility index (Phi) is 5.28. The number of nitrogens with zero attached hydrogens (tertiary/aromatic N) is 1. The Balaban J connectivity index is 1.95. The zero-order chi connectivity index (χ0) is 15.4. The first-order valence-corrected chi connectivity index (χ1v) is 8.17. The summed E-state index contributed by atoms with van der Waals surface area (Å²) >= 11 is 1.46. The van der Waals surface area contributed by atoms with Crippen molar-refractivity contribution in [3.05, 3.63) is 29.8 Å². The Morgan fingerprint density at radius 2 is 2.00 bits per heavy atom. The normalized spacial score (nSPS) is 22.1. The number of rotatable bonds is 4. The van der Waals surface area contributed by atoms with Crippen LogP contribution in [0.5, 0.6) is 0 Å². The lowest BCUT2D eigenvalue weighted by atomic mass is 9.92. The molecule has 1 aliphatic rings. The van der Waals surface area contributed by atoms with E-state index < -0.39 is 12.0 Å². The van der Waals surface area contributed by atoms with Crippen LogP contribution in [-0.4, -0.2) is 40.2 Å². The van der Waals surface area contributed by atoms with Gasteiger partial charge in [0.2, 0.25) is 5.91 Å². The molecule has 1 saturated heterocycles. The highest BCUT2D eigenvalue weighted by atomic mass is 32.2. The highest BCUT2D eigenvalue weighted by Gasteiger charge is 2.34. The largest absolute Gasteiger partial charge is 0.480 e. The number of carbonyl (C=O) groups excluding carboxylic acids is 1. The number of carbonyl (C=O) groups is 2. The molecule has 1 N–H and O–H groups in total. The summed E-state index contributed by atoms with van der Waals surface area (Å²) in [6, 6.07) is 7.32. The fourth-order valence-electron chi connectivity index (χ4n) is 2.54. The number of aliphatic carboxylic acids is 1. The molecule has 5 heteroatoms. The summed E-state index contributed by atoms with van der Waals surface area (Å²) in [4.78, 5) is 26.2. The fourth-order valence-corrected chi connectivity index (χ4v) is 3.32. The standard InChI is InChI=1S/C16H21NO3S/c1-11-3-5-13(6-4-11)21-10-15(18)17-8-7-12(2)9-14(17)16(19)20/h3-6,12,14H,7-10H2,1-2H3,(H,19,20). The molecule has 2 rings (SSSR count). The van der Waals surface area contributed by atoms with Crippen molar-refractivity contribution in [3.63, 3.8) is 0 Å². The highest BCUT2D eigenvalue weighted by molar-refractivity contribution is 8.00. The van der Waals surface area contributed by atoms with Gasteiger partial charge in [0.25, 0.3) is 0 Å². The quantitative estimate of drug-likeness (QED) is 0.869. The zero-order valence-corrected chi connectivity index (χ0v) is 13.2. The molecule has 2 unspecified atom stereocenters. The highest BCUT2D eigenvalue weighted by Crippen LogP contribution is 2.25. The van der Waals surface area contributed by atoms with Crippen LogP contribution in [0.25, 0.3) is 0 Å². The van der Waals surface area contributed by atoms with Crippen LogP contribution < -0.4 is 0 Å². The van der Waals surface area contributed by atoms with E-state index in [9.17, 15) is 14.7 Å². The first kappa shape index (κ1) is 15.9. The van der Waals surface area contributed by atoms with Crippen molar-refractivity contribution in [1.29, 1.82) is 0 Å². The molecule has 0 aliphatic carbocycles. The van der Waals surface area contributed by atoms with Gasteiger partial charge in [0, 0.05) is 11.4 Å². The maximum absolute atomic E-state index is 12.3. The Morgan fingerprint density at radius 3 is 2.62 bits per heavy atom. The first-order valence-electron chi connectivity index (χ1n) is 7.19. The molecule has 1 fully saturated rings. The Morgan fingerprint density at radius 1 is 1.33 bits per heavy atom. The zero-order valence-electron chi connectivity index (χ0n) is 12.4. The van der Waals surface area contributed by atoms with Crippen molar-refractivity contribution >= 4 is 23.6 Å². The van der Waals surface area contributed by atoms with Gasteiger partial charge in [-0.2, -0.15) is 0 Å². The monoisotopic (exact) mass is 307 g/mol. The molecule has 0 saturated carbocycles. The van der Waals surface area contributed by atoms with Crippen LogP contribution in [0, 0.1) is 12.8 Å². The average molecular weight is 307 g/mol. The van der Waals surface area contributed by atoms with Gasteiger partial charge < -0.3 is 10.0 Å². The van der Waals surface area contributed by atoms with Crippen LogP contribution in [0.1, 0.15) is 25.3 Å². The van der Waals surface area contributed by atoms with Crippen LogP contribution in [0.15, 0.2) is 29.2 Å². The molecule has 114 valence electrons. The number of likely N-dealkylation sites (tertiary alicyclic amines) is 1. The Bertz CT molecular complexity index is 515. The van der Waals surface area contributed by atoms with Crippen molar-refractivity contribution in [2.45, 2.75) is 37.6 Å². The second-order valence-electron chi connectivity index (χ2n) is 5.67. The molecule has 1 heterocycles. The van der Waals surface area contributed by atoms with Gasteiger partial charge in [0.15, 0.2) is 0 Å². The molecule has 1 amide bonds. The van der Waals surface area contributed by atoms with Crippen molar-refractivity contribution in [3.8, 4) is 0 Å². The SMILES string of the molecule is Cc1ccc(SCC(=O)N2CCC(C)CC2C(=O)O)cc1. The van der Waals surface area contributed by atoms with E-state index in [1.807, 2.05) is 38.1 Å². The molecule has 0 bridgehead atoms. The van der Waals surface area contributed by atoms with Crippen LogP contribution >= 0.6 is 11.8 Å². The van der Waals surface area contributed by atoms with Gasteiger partial charge in [-0.25, -0.2) is 4.79 Å². The number of amides is 1. The summed E-state index contributed by atoms with van der Waals surface area (Å²) in [5, 5.41) is 9.29. The van der Waals surface area contributed by atoms with Crippen molar-refractivity contribution in [2.75, 3.05) is 12.3 Å². The lowest BCUT2D eigenvalue weighted by molar-refractivity contribution is -0.151. The summed E-state index contributed by atoms with van der Waals surface area (Å²) < 4.78 is 0. The fraction of sp³-hybridized carbons (Fsp3) is 0.500. The van der Waals surface area contributed by atoms with Crippen LogP contribution in [0.4, 0.5) is 0 Å². The molecule has 1 aromatic rings. The molecular weight excluding hydrogens is 286 g/mol. The average Bonchev–Trinajstić information content (AvgIpc) is 2.46. The summed E-state index contributed by atoms with van der Waals surface area (Å²) in [5.41, 5.74) is 1.18. The number of hydrogen-bond acceptors (Lipinski definition) is 3. The maximum Gasteiger partial charge on any atom is 0.326 e. The third-order valence-electron chi connectivity index (χ3n) is 3.85. The molecule has 2 atom stereocenters. The Hall–Kier alpha value is -1.49. The molecule has 0 aromatic heterocycles. The summed E-state index contributed by atoms with van der Waals surface area (Å²) in [6.45, 7) is 4.61. The molecule has 0 spiro atoms. The first-order chi connectivity index (χ1) is 9.97. The second kappa shape index (κ2) is 6.98. The van der Waals surface area contributed by atoms with Crippen LogP contribution in [-0.2, 0) is 9.59 Å². The van der Waals surface area contributed by atoms with E-state index in [1.54, 1.807) is 0 Å². The van der Waals surface area contributed by atoms with Crippen molar-refractivity contribution < 1.29 is 14.7 Å². The lowest BCUT2D eigenvalue weighted by Gasteiger charge is -2.36. The number of carboxylic acid groups (broad SMARTS) is 1. The minimum absolute atomic E-state index is 0.0834. The lowest BCUT2D eigenvalue weighted by Crippen LogP contribution is -2.50. The minimum atomic E-state index is -0.893. The van der Waals surface area contributed by atoms with E-state index in [4.69, 9.17) is 0 Å². The molecule has 1 aromatic carbocycles. The maximum atomic E-state index is 12.3. The van der Waals surface area contributed by atoms with E-state index in [0.29, 0.717) is 24.6 Å². The third kappa shape index (κ3) is 4.24. The van der Waals surface area contributed by atoms with Gasteiger partial charge in [-0.3, -0.25) is 4.79 Å². The van der Waals surface area contributed by atoms with E-state index in [1.165, 1.54) is 22.2 Å². The van der Waals surface area contributed by atoms with Gasteiger partial charge in [0.1, 0.15) is 6.04 Å². The molecular formula is C16H21NO3S. The Labute approximate surface area is 129 Å². The number of piperidine rings is 1. The van der Waals surface area contributed by atoms with E-state index in [-0.39, 0.29) is 5.91 Å². The van der Waals surface area contributed by atoms with Gasteiger partial charge >= 0.3 is 5.97 Å². The predicted molar refractivity (Wildman–Crippen MR) is 83.4 cm³/mol. The predicted octanol–water partition coefficient (Wildman–Crippen LogP) is 2.80. The summed E-state index contributed by atoms with van der Waals surface area (Å²) in [7, 11) is 0. The number of aryl methyl sites for hydroxylation is 1. The van der Waals surface area contributed by atoms with Gasteiger partial charge in [-0.1, -0.05) is 24.6 Å². The minimum Gasteiger partial charge on any atom is -0.480 e. The third-order valence-corrected chi connectivity index (χ3v) is 4.85.